The maximum absolute atomic E-state index is 12.7. The van der Waals surface area contributed by atoms with Crippen LogP contribution in [0, 0.1) is 0 Å². The Morgan fingerprint density at radius 3 is 2.15 bits per heavy atom. The highest BCUT2D eigenvalue weighted by Gasteiger charge is 2.43. The lowest BCUT2D eigenvalue weighted by atomic mass is 10.1. The van der Waals surface area contributed by atoms with Gasteiger partial charge in [-0.2, -0.15) is 11.8 Å². The van der Waals surface area contributed by atoms with Gasteiger partial charge < -0.3 is 9.64 Å². The molecule has 8 heteroatoms. The average molecular weight is 378 g/mol. The lowest BCUT2D eigenvalue weighted by molar-refractivity contribution is -0.161. The van der Waals surface area contributed by atoms with Crippen LogP contribution in [0.5, 0.6) is 0 Å². The summed E-state index contributed by atoms with van der Waals surface area (Å²) in [6.07, 6.45) is 1.13. The quantitative estimate of drug-likeness (QED) is 0.527. The second-order valence-corrected chi connectivity index (χ2v) is 7.12. The summed E-state index contributed by atoms with van der Waals surface area (Å²) in [5.74, 6) is -1.59. The highest BCUT2D eigenvalue weighted by molar-refractivity contribution is 7.98. The minimum atomic E-state index is -1.06. The Morgan fingerprint density at radius 1 is 1.15 bits per heavy atom. The van der Waals surface area contributed by atoms with Gasteiger partial charge in [-0.15, -0.1) is 0 Å². The highest BCUT2D eigenvalue weighted by atomic mass is 32.2. The molecule has 0 N–H and O–H groups in total. The Balaban J connectivity index is 2.25. The molecule has 2 rings (SSSR count). The number of thioether (sulfide) groups is 1. The summed E-state index contributed by atoms with van der Waals surface area (Å²) in [5, 5.41) is 0. The average Bonchev–Trinajstić information content (AvgIpc) is 2.86. The SMILES string of the molecule is CSCC[C@H](C(=O)O[C@@H](C)C(=O)N(C)C)N1C(=O)c2ccccc2C1=O. The fourth-order valence-electron chi connectivity index (χ4n) is 2.74. The standard InChI is InChI=1S/C18H22N2O5S/c1-11(15(21)19(2)3)25-18(24)14(9-10-26-4)20-16(22)12-7-5-6-8-13(12)17(20)23/h5-8,11,14H,9-10H2,1-4H3/t11-,14+/m0/s1. The third kappa shape index (κ3) is 3.90. The van der Waals surface area contributed by atoms with E-state index >= 15 is 0 Å². The van der Waals surface area contributed by atoms with E-state index in [-0.39, 0.29) is 23.5 Å². The Hall–Kier alpha value is -2.35. The summed E-state index contributed by atoms with van der Waals surface area (Å²) in [5.41, 5.74) is 0.550. The van der Waals surface area contributed by atoms with E-state index in [0.29, 0.717) is 5.75 Å². The Bertz CT molecular complexity index is 699. The van der Waals surface area contributed by atoms with Crippen LogP contribution >= 0.6 is 11.8 Å². The van der Waals surface area contributed by atoms with E-state index in [1.165, 1.54) is 23.6 Å². The molecule has 2 atom stereocenters. The van der Waals surface area contributed by atoms with Crippen molar-refractivity contribution in [3.05, 3.63) is 35.4 Å². The van der Waals surface area contributed by atoms with E-state index in [2.05, 4.69) is 0 Å². The molecular formula is C18H22N2O5S. The van der Waals surface area contributed by atoms with Gasteiger partial charge in [0.1, 0.15) is 6.04 Å². The molecule has 0 saturated heterocycles. The number of fused-ring (bicyclic) bond motifs is 1. The summed E-state index contributed by atoms with van der Waals surface area (Å²) < 4.78 is 5.26. The molecule has 0 saturated carbocycles. The monoisotopic (exact) mass is 378 g/mol. The molecule has 0 unspecified atom stereocenters. The van der Waals surface area contributed by atoms with Gasteiger partial charge >= 0.3 is 5.97 Å². The maximum Gasteiger partial charge on any atom is 0.330 e. The normalized spacial score (nSPS) is 15.5. The van der Waals surface area contributed by atoms with Gasteiger partial charge in [0.25, 0.3) is 17.7 Å². The van der Waals surface area contributed by atoms with E-state index in [0.717, 1.165) is 4.90 Å². The second kappa shape index (κ2) is 8.35. The van der Waals surface area contributed by atoms with E-state index in [1.54, 1.807) is 38.4 Å². The maximum atomic E-state index is 12.7. The Morgan fingerprint density at radius 2 is 1.69 bits per heavy atom. The number of esters is 1. The van der Waals surface area contributed by atoms with Gasteiger partial charge in [0.05, 0.1) is 11.1 Å². The van der Waals surface area contributed by atoms with Crippen molar-refractivity contribution in [3.8, 4) is 0 Å². The fraction of sp³-hybridized carbons (Fsp3) is 0.444. The van der Waals surface area contributed by atoms with Crippen molar-refractivity contribution in [2.24, 2.45) is 0 Å². The van der Waals surface area contributed by atoms with Crippen LogP contribution in [0.1, 0.15) is 34.1 Å². The van der Waals surface area contributed by atoms with Crippen molar-refractivity contribution >= 4 is 35.5 Å². The van der Waals surface area contributed by atoms with Crippen LogP contribution in [-0.4, -0.2) is 71.7 Å². The van der Waals surface area contributed by atoms with E-state index in [9.17, 15) is 19.2 Å². The molecule has 0 bridgehead atoms. The van der Waals surface area contributed by atoms with Crippen LogP contribution in [0.25, 0.3) is 0 Å². The number of amides is 3. The lowest BCUT2D eigenvalue weighted by Crippen LogP contribution is -2.48. The number of benzene rings is 1. The summed E-state index contributed by atoms with van der Waals surface area (Å²) in [6.45, 7) is 1.47. The lowest BCUT2D eigenvalue weighted by Gasteiger charge is -2.26. The van der Waals surface area contributed by atoms with Crippen molar-refractivity contribution in [2.45, 2.75) is 25.5 Å². The first kappa shape index (κ1) is 20.0. The topological polar surface area (TPSA) is 84.0 Å². The number of ether oxygens (including phenoxy) is 1. The van der Waals surface area contributed by atoms with Crippen molar-refractivity contribution in [1.29, 1.82) is 0 Å². The van der Waals surface area contributed by atoms with Gasteiger partial charge in [-0.05, 0) is 37.5 Å². The van der Waals surface area contributed by atoms with Gasteiger partial charge in [0.2, 0.25) is 0 Å². The summed E-state index contributed by atoms with van der Waals surface area (Å²) in [6, 6.07) is 5.39. The predicted molar refractivity (Wildman–Crippen MR) is 98.0 cm³/mol. The minimum absolute atomic E-state index is 0.258. The number of likely N-dealkylation sites (N-methyl/N-ethyl adjacent to an activating group) is 1. The molecule has 7 nitrogen and oxygen atoms in total. The van der Waals surface area contributed by atoms with Gasteiger partial charge in [-0.25, -0.2) is 4.79 Å². The molecule has 0 aromatic heterocycles. The van der Waals surface area contributed by atoms with Crippen LogP contribution in [0.3, 0.4) is 0 Å². The van der Waals surface area contributed by atoms with E-state index in [1.807, 2.05) is 6.26 Å². The Kier molecular flexibility index (Phi) is 6.42. The molecule has 3 amide bonds. The number of rotatable bonds is 7. The molecule has 1 heterocycles. The number of imide groups is 1. The summed E-state index contributed by atoms with van der Waals surface area (Å²) in [7, 11) is 3.12. The van der Waals surface area contributed by atoms with Crippen molar-refractivity contribution < 1.29 is 23.9 Å². The number of hydrogen-bond acceptors (Lipinski definition) is 6. The number of hydrogen-bond donors (Lipinski definition) is 0. The van der Waals surface area contributed by atoms with E-state index in [4.69, 9.17) is 4.74 Å². The third-order valence-electron chi connectivity index (χ3n) is 4.09. The zero-order chi connectivity index (χ0) is 19.4. The molecule has 1 aromatic rings. The van der Waals surface area contributed by atoms with Gasteiger partial charge in [-0.3, -0.25) is 19.3 Å². The van der Waals surface area contributed by atoms with Crippen LogP contribution < -0.4 is 0 Å². The van der Waals surface area contributed by atoms with Crippen molar-refractivity contribution in [2.75, 3.05) is 26.1 Å². The first-order valence-corrected chi connectivity index (χ1v) is 9.56. The fourth-order valence-corrected chi connectivity index (χ4v) is 3.20. The van der Waals surface area contributed by atoms with Crippen LogP contribution in [-0.2, 0) is 14.3 Å². The van der Waals surface area contributed by atoms with Crippen molar-refractivity contribution in [1.82, 2.24) is 9.80 Å². The number of carbonyl (C=O) groups is 4. The summed E-state index contributed by atoms with van der Waals surface area (Å²) >= 11 is 1.49. The molecule has 0 spiro atoms. The largest absolute Gasteiger partial charge is 0.451 e. The predicted octanol–water partition coefficient (Wildman–Crippen LogP) is 1.42. The van der Waals surface area contributed by atoms with Gasteiger partial charge in [0.15, 0.2) is 6.10 Å². The van der Waals surface area contributed by atoms with Crippen LogP contribution in [0.2, 0.25) is 0 Å². The highest BCUT2D eigenvalue weighted by Crippen LogP contribution is 2.26. The first-order chi connectivity index (χ1) is 12.3. The van der Waals surface area contributed by atoms with Gasteiger partial charge in [0, 0.05) is 14.1 Å². The van der Waals surface area contributed by atoms with Crippen LogP contribution in [0.4, 0.5) is 0 Å². The smallest absolute Gasteiger partial charge is 0.330 e. The second-order valence-electron chi connectivity index (χ2n) is 6.13. The van der Waals surface area contributed by atoms with E-state index < -0.39 is 29.9 Å². The first-order valence-electron chi connectivity index (χ1n) is 8.17. The number of nitrogens with zero attached hydrogens (tertiary/aromatic N) is 2. The number of carbonyl (C=O) groups excluding carboxylic acids is 4. The molecule has 0 aliphatic carbocycles. The zero-order valence-corrected chi connectivity index (χ0v) is 16.0. The molecule has 1 aliphatic rings. The Labute approximate surface area is 156 Å². The molecule has 1 aliphatic heterocycles. The molecule has 26 heavy (non-hydrogen) atoms. The molecular weight excluding hydrogens is 356 g/mol. The third-order valence-corrected chi connectivity index (χ3v) is 4.73. The van der Waals surface area contributed by atoms with Crippen molar-refractivity contribution in [3.63, 3.8) is 0 Å². The van der Waals surface area contributed by atoms with Crippen LogP contribution in [0.15, 0.2) is 24.3 Å². The van der Waals surface area contributed by atoms with Gasteiger partial charge in [-0.1, -0.05) is 12.1 Å². The molecule has 0 radical (unpaired) electrons. The molecule has 1 aromatic carbocycles. The zero-order valence-electron chi connectivity index (χ0n) is 15.2. The minimum Gasteiger partial charge on any atom is -0.451 e. The molecule has 0 fully saturated rings. The summed E-state index contributed by atoms with van der Waals surface area (Å²) in [4.78, 5) is 52.2. The molecule has 140 valence electrons.